The summed E-state index contributed by atoms with van der Waals surface area (Å²) < 4.78 is 40.5. The molecule has 1 amide bonds. The smallest absolute Gasteiger partial charge is 0.246 e. The largest absolute Gasteiger partial charge is 0.497 e. The van der Waals surface area contributed by atoms with Crippen molar-refractivity contribution in [3.05, 3.63) is 60.7 Å². The Kier molecular flexibility index (Phi) is 7.82. The summed E-state index contributed by atoms with van der Waals surface area (Å²) in [6, 6.07) is 7.52. The van der Waals surface area contributed by atoms with Crippen molar-refractivity contribution in [1.82, 2.24) is 24.6 Å². The molecule has 1 aliphatic heterocycles. The van der Waals surface area contributed by atoms with Crippen molar-refractivity contribution in [3.63, 3.8) is 0 Å². The molecule has 2 aromatic heterocycles. The average Bonchev–Trinajstić information content (AvgIpc) is 3.36. The maximum absolute atomic E-state index is 13.9. The molecule has 0 bridgehead atoms. The monoisotopic (exact) mass is 537 g/mol. The summed E-state index contributed by atoms with van der Waals surface area (Å²) in [6.07, 6.45) is 8.01. The number of halogens is 2. The van der Waals surface area contributed by atoms with E-state index in [0.29, 0.717) is 46.6 Å². The van der Waals surface area contributed by atoms with Gasteiger partial charge in [0.15, 0.2) is 11.6 Å². The van der Waals surface area contributed by atoms with E-state index in [1.54, 1.807) is 19.4 Å². The molecule has 1 atom stereocenters. The van der Waals surface area contributed by atoms with Crippen molar-refractivity contribution in [1.29, 1.82) is 0 Å². The molecule has 0 aliphatic carbocycles. The number of carbonyl (C=O) groups excluding carboxylic acids is 1. The Labute approximate surface area is 223 Å². The normalized spacial score (nSPS) is 15.7. The van der Waals surface area contributed by atoms with Gasteiger partial charge in [-0.25, -0.2) is 18.7 Å². The number of nitrogens with one attached hydrogen (secondary N) is 2. The molecule has 204 valence electrons. The highest BCUT2D eigenvalue weighted by atomic mass is 19.2. The minimum atomic E-state index is -1.12. The number of amides is 1. The summed E-state index contributed by atoms with van der Waals surface area (Å²) in [7, 11) is 3.70. The second kappa shape index (κ2) is 11.6. The van der Waals surface area contributed by atoms with E-state index < -0.39 is 17.5 Å². The van der Waals surface area contributed by atoms with Crippen molar-refractivity contribution in [2.24, 2.45) is 0 Å². The molecule has 0 spiro atoms. The zero-order valence-corrected chi connectivity index (χ0v) is 21.7. The molecule has 2 aromatic carbocycles. The molecule has 0 unspecified atom stereocenters. The van der Waals surface area contributed by atoms with E-state index >= 15 is 0 Å². The number of piperidine rings is 1. The number of hydrogen-bond acceptors (Lipinski definition) is 8. The number of anilines is 3. The van der Waals surface area contributed by atoms with Crippen LogP contribution in [0.2, 0.25) is 0 Å². The van der Waals surface area contributed by atoms with Crippen molar-refractivity contribution in [2.75, 3.05) is 37.9 Å². The Morgan fingerprint density at radius 3 is 2.90 bits per heavy atom. The maximum Gasteiger partial charge on any atom is 0.246 e. The summed E-state index contributed by atoms with van der Waals surface area (Å²) in [5.41, 5.74) is 0.969. The number of hydrogen-bond donors (Lipinski definition) is 2. The van der Waals surface area contributed by atoms with Crippen LogP contribution in [0.1, 0.15) is 19.3 Å². The van der Waals surface area contributed by atoms with Gasteiger partial charge >= 0.3 is 0 Å². The van der Waals surface area contributed by atoms with E-state index in [-0.39, 0.29) is 12.2 Å². The minimum absolute atomic E-state index is 0.206. The first kappa shape index (κ1) is 26.3. The molecule has 2 N–H and O–H groups in total. The summed E-state index contributed by atoms with van der Waals surface area (Å²) >= 11 is 0. The molecule has 1 aliphatic rings. The van der Waals surface area contributed by atoms with Gasteiger partial charge in [-0.15, -0.1) is 0 Å². The number of fused-ring (bicyclic) bond motifs is 1. The summed E-state index contributed by atoms with van der Waals surface area (Å²) in [4.78, 5) is 23.5. The molecular formula is C27H29F2N7O3. The van der Waals surface area contributed by atoms with Gasteiger partial charge in [-0.1, -0.05) is 12.5 Å². The predicted octanol–water partition coefficient (Wildman–Crippen LogP) is 4.36. The topological polar surface area (TPSA) is 106 Å². The third-order valence-corrected chi connectivity index (χ3v) is 6.69. The number of nitrogens with zero attached hydrogens (tertiary/aromatic N) is 5. The van der Waals surface area contributed by atoms with Crippen molar-refractivity contribution in [3.8, 4) is 11.5 Å². The van der Waals surface area contributed by atoms with Crippen LogP contribution in [-0.4, -0.2) is 63.9 Å². The lowest BCUT2D eigenvalue weighted by molar-refractivity contribution is -0.116. The molecule has 0 radical (unpaired) electrons. The van der Waals surface area contributed by atoms with Gasteiger partial charge < -0.3 is 25.0 Å². The summed E-state index contributed by atoms with van der Waals surface area (Å²) in [5.74, 6) is -1.00. The lowest BCUT2D eigenvalue weighted by Gasteiger charge is -2.32. The van der Waals surface area contributed by atoms with Gasteiger partial charge in [0.05, 0.1) is 35.6 Å². The van der Waals surface area contributed by atoms with Gasteiger partial charge in [0.1, 0.15) is 36.8 Å². The van der Waals surface area contributed by atoms with Crippen LogP contribution in [0.25, 0.3) is 10.9 Å². The number of rotatable bonds is 9. The third kappa shape index (κ3) is 6.06. The SMILES string of the molecule is COc1cc(OC[C@H]2CCCCN2C)c2c(Nc3cnn(CC(=O)Nc4cccc(F)c4F)c3)ncnc2c1. The summed E-state index contributed by atoms with van der Waals surface area (Å²) in [5, 5.41) is 10.5. The van der Waals surface area contributed by atoms with Gasteiger partial charge in [0.25, 0.3) is 0 Å². The maximum atomic E-state index is 13.9. The lowest BCUT2D eigenvalue weighted by Crippen LogP contribution is -2.40. The first-order valence-electron chi connectivity index (χ1n) is 12.6. The van der Waals surface area contributed by atoms with Crippen LogP contribution in [0.4, 0.5) is 26.0 Å². The average molecular weight is 538 g/mol. The second-order valence-electron chi connectivity index (χ2n) is 9.38. The molecule has 10 nitrogen and oxygen atoms in total. The number of benzene rings is 2. The van der Waals surface area contributed by atoms with Crippen molar-refractivity contribution in [2.45, 2.75) is 31.8 Å². The second-order valence-corrected chi connectivity index (χ2v) is 9.38. The number of likely N-dealkylation sites (N-methyl/N-ethyl adjacent to an activating group) is 1. The first-order valence-corrected chi connectivity index (χ1v) is 12.6. The number of aromatic nitrogens is 4. The third-order valence-electron chi connectivity index (χ3n) is 6.69. The van der Waals surface area contributed by atoms with Crippen LogP contribution in [0.5, 0.6) is 11.5 Å². The fourth-order valence-electron chi connectivity index (χ4n) is 4.59. The highest BCUT2D eigenvalue weighted by Gasteiger charge is 2.21. The van der Waals surface area contributed by atoms with Gasteiger partial charge in [-0.05, 0) is 38.6 Å². The molecular weight excluding hydrogens is 508 g/mol. The fraction of sp³-hybridized carbons (Fsp3) is 0.333. The van der Waals surface area contributed by atoms with E-state index in [1.165, 1.54) is 42.2 Å². The molecule has 5 rings (SSSR count). The number of methoxy groups -OCH3 is 1. The molecule has 4 aromatic rings. The minimum Gasteiger partial charge on any atom is -0.497 e. The van der Waals surface area contributed by atoms with Crippen LogP contribution < -0.4 is 20.1 Å². The quantitative estimate of drug-likeness (QED) is 0.325. The Hall–Kier alpha value is -4.32. The van der Waals surface area contributed by atoms with E-state index in [0.717, 1.165) is 19.0 Å². The summed E-state index contributed by atoms with van der Waals surface area (Å²) in [6.45, 7) is 1.36. The van der Waals surface area contributed by atoms with E-state index in [1.807, 2.05) is 6.07 Å². The Morgan fingerprint density at radius 1 is 1.21 bits per heavy atom. The lowest BCUT2D eigenvalue weighted by atomic mass is 10.0. The van der Waals surface area contributed by atoms with Gasteiger partial charge in [0, 0.05) is 24.4 Å². The zero-order chi connectivity index (χ0) is 27.4. The number of carbonyl (C=O) groups is 1. The van der Waals surface area contributed by atoms with Crippen LogP contribution >= 0.6 is 0 Å². The van der Waals surface area contributed by atoms with Crippen molar-refractivity contribution >= 4 is 34.0 Å². The molecule has 1 fully saturated rings. The van der Waals surface area contributed by atoms with Gasteiger partial charge in [0.2, 0.25) is 5.91 Å². The van der Waals surface area contributed by atoms with Crippen LogP contribution in [0.3, 0.4) is 0 Å². The highest BCUT2D eigenvalue weighted by molar-refractivity contribution is 5.96. The van der Waals surface area contributed by atoms with E-state index in [9.17, 15) is 13.6 Å². The van der Waals surface area contributed by atoms with Gasteiger partial charge in [-0.2, -0.15) is 5.10 Å². The molecule has 1 saturated heterocycles. The van der Waals surface area contributed by atoms with E-state index in [4.69, 9.17) is 9.47 Å². The van der Waals surface area contributed by atoms with Gasteiger partial charge in [-0.3, -0.25) is 9.48 Å². The Bertz CT molecular complexity index is 1480. The standard InChI is InChI=1S/C27H29F2N7O3/c1-35-9-4-3-6-18(35)15-39-23-11-19(38-2)10-22-25(23)27(31-16-30-22)33-17-12-32-36(13-17)14-24(37)34-21-8-5-7-20(28)26(21)29/h5,7-8,10-13,16,18H,3-4,6,9,14-15H2,1-2H3,(H,34,37)(H,30,31,33)/t18-/m1/s1. The highest BCUT2D eigenvalue weighted by Crippen LogP contribution is 2.35. The molecule has 39 heavy (non-hydrogen) atoms. The molecule has 12 heteroatoms. The molecule has 3 heterocycles. The zero-order valence-electron chi connectivity index (χ0n) is 21.7. The first-order chi connectivity index (χ1) is 18.9. The van der Waals surface area contributed by atoms with Crippen LogP contribution in [0, 0.1) is 11.6 Å². The Morgan fingerprint density at radius 2 is 2.08 bits per heavy atom. The number of ether oxygens (including phenoxy) is 2. The van der Waals surface area contributed by atoms with Crippen molar-refractivity contribution < 1.29 is 23.0 Å². The number of likely N-dealkylation sites (tertiary alicyclic amines) is 1. The van der Waals surface area contributed by atoms with E-state index in [2.05, 4.69) is 37.6 Å². The van der Waals surface area contributed by atoms with Crippen LogP contribution in [0.15, 0.2) is 49.1 Å². The Balaban J connectivity index is 1.33. The predicted molar refractivity (Wildman–Crippen MR) is 142 cm³/mol. The van der Waals surface area contributed by atoms with Crippen LogP contribution in [-0.2, 0) is 11.3 Å². The molecule has 0 saturated carbocycles. The fourth-order valence-corrected chi connectivity index (χ4v) is 4.59.